The minimum atomic E-state index is -1.33. The Bertz CT molecular complexity index is 556. The van der Waals surface area contributed by atoms with Crippen LogP contribution in [0.2, 0.25) is 0 Å². The lowest BCUT2D eigenvalue weighted by molar-refractivity contribution is -0.121. The number of amides is 1. The fraction of sp³-hybridized carbons (Fsp3) is 0.273. The van der Waals surface area contributed by atoms with Gasteiger partial charge in [0, 0.05) is 12.7 Å². The number of nitriles is 1. The third-order valence-electron chi connectivity index (χ3n) is 2.12. The number of hydrogen-bond acceptors (Lipinski definition) is 4. The van der Waals surface area contributed by atoms with Gasteiger partial charge in [0.1, 0.15) is 12.1 Å². The van der Waals surface area contributed by atoms with Gasteiger partial charge in [-0.1, -0.05) is 0 Å². The number of rotatable bonds is 5. The molecular weight excluding hydrogens is 238 g/mol. The van der Waals surface area contributed by atoms with E-state index in [1.165, 1.54) is 18.3 Å². The van der Waals surface area contributed by atoms with Crippen molar-refractivity contribution >= 4 is 11.9 Å². The largest absolute Gasteiger partial charge is 0.477 e. The van der Waals surface area contributed by atoms with E-state index in [2.05, 4.69) is 5.32 Å². The van der Waals surface area contributed by atoms with Crippen LogP contribution >= 0.6 is 0 Å². The van der Waals surface area contributed by atoms with E-state index in [1.54, 1.807) is 0 Å². The lowest BCUT2D eigenvalue weighted by atomic mass is 10.3. The summed E-state index contributed by atoms with van der Waals surface area (Å²) >= 11 is 0. The van der Waals surface area contributed by atoms with E-state index < -0.39 is 17.4 Å². The number of carboxylic acids is 1. The SMILES string of the molecule is N#CCCNC(=O)Cn1cccc(C(=O)O)c1=O. The Labute approximate surface area is 102 Å². The third kappa shape index (κ3) is 3.45. The summed E-state index contributed by atoms with van der Waals surface area (Å²) in [5.74, 6) is -1.78. The molecule has 1 aromatic rings. The molecule has 0 aliphatic rings. The first-order chi connectivity index (χ1) is 8.56. The number of carbonyl (C=O) groups is 2. The Morgan fingerprint density at radius 2 is 2.22 bits per heavy atom. The van der Waals surface area contributed by atoms with Crippen LogP contribution in [0.15, 0.2) is 23.1 Å². The highest BCUT2D eigenvalue weighted by Gasteiger charge is 2.11. The molecule has 0 radical (unpaired) electrons. The number of nitrogens with one attached hydrogen (secondary N) is 1. The molecule has 0 atom stereocenters. The molecule has 0 aromatic carbocycles. The summed E-state index contributed by atoms with van der Waals surface area (Å²) in [5.41, 5.74) is -1.12. The van der Waals surface area contributed by atoms with Gasteiger partial charge < -0.3 is 15.0 Å². The zero-order valence-electron chi connectivity index (χ0n) is 9.42. The maximum absolute atomic E-state index is 11.6. The average Bonchev–Trinajstić information content (AvgIpc) is 2.32. The number of aromatic carboxylic acids is 1. The van der Waals surface area contributed by atoms with Crippen LogP contribution in [-0.4, -0.2) is 28.1 Å². The minimum absolute atomic E-state index is 0.176. The topological polar surface area (TPSA) is 112 Å². The molecule has 0 spiro atoms. The number of hydrogen-bond donors (Lipinski definition) is 2. The first-order valence-electron chi connectivity index (χ1n) is 5.12. The zero-order valence-corrected chi connectivity index (χ0v) is 9.42. The summed E-state index contributed by atoms with van der Waals surface area (Å²) in [6.07, 6.45) is 1.51. The Kier molecular flexibility index (Phi) is 4.63. The number of aromatic nitrogens is 1. The molecule has 0 fully saturated rings. The molecule has 1 aromatic heterocycles. The number of nitrogens with zero attached hydrogens (tertiary/aromatic N) is 2. The van der Waals surface area contributed by atoms with Crippen molar-refractivity contribution in [2.45, 2.75) is 13.0 Å². The Morgan fingerprint density at radius 1 is 1.50 bits per heavy atom. The van der Waals surface area contributed by atoms with Crippen LogP contribution in [0.25, 0.3) is 0 Å². The summed E-state index contributed by atoms with van der Waals surface area (Å²) in [4.78, 5) is 33.7. The smallest absolute Gasteiger partial charge is 0.341 e. The van der Waals surface area contributed by atoms with Crippen LogP contribution in [0.5, 0.6) is 0 Å². The lowest BCUT2D eigenvalue weighted by Gasteiger charge is -2.06. The molecule has 1 amide bonds. The molecule has 0 aliphatic heterocycles. The fourth-order valence-electron chi connectivity index (χ4n) is 1.29. The van der Waals surface area contributed by atoms with Crippen LogP contribution < -0.4 is 10.9 Å². The van der Waals surface area contributed by atoms with Crippen molar-refractivity contribution in [1.82, 2.24) is 9.88 Å². The van der Waals surface area contributed by atoms with Crippen molar-refractivity contribution < 1.29 is 14.7 Å². The number of pyridine rings is 1. The highest BCUT2D eigenvalue weighted by atomic mass is 16.4. The van der Waals surface area contributed by atoms with E-state index in [0.29, 0.717) is 0 Å². The normalized spacial score (nSPS) is 9.50. The standard InChI is InChI=1S/C11H11N3O4/c12-4-2-5-13-9(15)7-14-6-1-3-8(10(14)16)11(17)18/h1,3,6H,2,5,7H2,(H,13,15)(H,17,18). The summed E-state index contributed by atoms with van der Waals surface area (Å²) in [6, 6.07) is 4.42. The first-order valence-corrected chi connectivity index (χ1v) is 5.12. The van der Waals surface area contributed by atoms with E-state index >= 15 is 0 Å². The van der Waals surface area contributed by atoms with Crippen molar-refractivity contribution in [3.05, 3.63) is 34.2 Å². The highest BCUT2D eigenvalue weighted by Crippen LogP contribution is 1.92. The van der Waals surface area contributed by atoms with Gasteiger partial charge in [0.05, 0.1) is 12.5 Å². The average molecular weight is 249 g/mol. The van der Waals surface area contributed by atoms with Crippen molar-refractivity contribution in [1.29, 1.82) is 5.26 Å². The van der Waals surface area contributed by atoms with Gasteiger partial charge in [0.25, 0.3) is 5.56 Å². The van der Waals surface area contributed by atoms with E-state index in [4.69, 9.17) is 10.4 Å². The number of carboxylic acid groups (broad SMARTS) is 1. The molecule has 0 saturated heterocycles. The Morgan fingerprint density at radius 3 is 2.83 bits per heavy atom. The summed E-state index contributed by atoms with van der Waals surface area (Å²) in [5, 5.41) is 19.5. The monoisotopic (exact) mass is 249 g/mol. The van der Waals surface area contributed by atoms with E-state index in [9.17, 15) is 14.4 Å². The van der Waals surface area contributed by atoms with Crippen molar-refractivity contribution in [3.8, 4) is 6.07 Å². The Hall–Kier alpha value is -2.62. The van der Waals surface area contributed by atoms with Gasteiger partial charge >= 0.3 is 5.97 Å². The quantitative estimate of drug-likeness (QED) is 0.688. The maximum atomic E-state index is 11.6. The van der Waals surface area contributed by atoms with Crippen LogP contribution in [0.3, 0.4) is 0 Å². The second kappa shape index (κ2) is 6.20. The molecule has 1 heterocycles. The highest BCUT2D eigenvalue weighted by molar-refractivity contribution is 5.87. The van der Waals surface area contributed by atoms with Gasteiger partial charge in [-0.3, -0.25) is 9.59 Å². The second-order valence-electron chi connectivity index (χ2n) is 3.42. The molecule has 1 rings (SSSR count). The second-order valence-corrected chi connectivity index (χ2v) is 3.42. The molecule has 0 aliphatic carbocycles. The van der Waals surface area contributed by atoms with E-state index in [-0.39, 0.29) is 25.1 Å². The summed E-state index contributed by atoms with van der Waals surface area (Å²) in [6.45, 7) is -0.0753. The third-order valence-corrected chi connectivity index (χ3v) is 2.12. The van der Waals surface area contributed by atoms with Crippen LogP contribution in [0.1, 0.15) is 16.8 Å². The molecule has 0 bridgehead atoms. The number of carbonyl (C=O) groups excluding carboxylic acids is 1. The van der Waals surface area contributed by atoms with Gasteiger partial charge in [0.15, 0.2) is 0 Å². The van der Waals surface area contributed by atoms with Gasteiger partial charge in [-0.25, -0.2) is 4.79 Å². The van der Waals surface area contributed by atoms with Crippen LogP contribution in [0, 0.1) is 11.3 Å². The maximum Gasteiger partial charge on any atom is 0.341 e. The molecule has 0 saturated carbocycles. The van der Waals surface area contributed by atoms with E-state index in [0.717, 1.165) is 4.57 Å². The van der Waals surface area contributed by atoms with E-state index in [1.807, 2.05) is 6.07 Å². The molecule has 18 heavy (non-hydrogen) atoms. The fourth-order valence-corrected chi connectivity index (χ4v) is 1.29. The van der Waals surface area contributed by atoms with Crippen LogP contribution in [0.4, 0.5) is 0 Å². The van der Waals surface area contributed by atoms with Gasteiger partial charge in [-0.15, -0.1) is 0 Å². The molecule has 94 valence electrons. The first kappa shape index (κ1) is 13.4. The molecule has 2 N–H and O–H groups in total. The van der Waals surface area contributed by atoms with Crippen molar-refractivity contribution in [2.75, 3.05) is 6.54 Å². The minimum Gasteiger partial charge on any atom is -0.477 e. The molecule has 7 heteroatoms. The van der Waals surface area contributed by atoms with Gasteiger partial charge in [-0.2, -0.15) is 5.26 Å². The molecule has 7 nitrogen and oxygen atoms in total. The summed E-state index contributed by atoms with van der Waals surface area (Å²) in [7, 11) is 0. The van der Waals surface area contributed by atoms with Gasteiger partial charge in [-0.05, 0) is 12.1 Å². The van der Waals surface area contributed by atoms with Crippen molar-refractivity contribution in [3.63, 3.8) is 0 Å². The Balaban J connectivity index is 2.77. The zero-order chi connectivity index (χ0) is 13.5. The van der Waals surface area contributed by atoms with Crippen molar-refractivity contribution in [2.24, 2.45) is 0 Å². The molecule has 0 unspecified atom stereocenters. The predicted octanol–water partition coefficient (Wildman–Crippen LogP) is -0.424. The lowest BCUT2D eigenvalue weighted by Crippen LogP contribution is -2.34. The molecular formula is C11H11N3O4. The summed E-state index contributed by atoms with van der Waals surface area (Å²) < 4.78 is 1.01. The predicted molar refractivity (Wildman–Crippen MR) is 60.9 cm³/mol. The van der Waals surface area contributed by atoms with Crippen LogP contribution in [-0.2, 0) is 11.3 Å². The van der Waals surface area contributed by atoms with Gasteiger partial charge in [0.2, 0.25) is 5.91 Å².